The second-order valence-corrected chi connectivity index (χ2v) is 6.51. The number of rotatable bonds is 5. The van der Waals surface area contributed by atoms with Gasteiger partial charge in [-0.1, -0.05) is 6.92 Å². The van der Waals surface area contributed by atoms with Crippen LogP contribution in [0.1, 0.15) is 60.4 Å². The monoisotopic (exact) mass is 320 g/mol. The Morgan fingerprint density at radius 1 is 1.26 bits per heavy atom. The quantitative estimate of drug-likeness (QED) is 0.848. The van der Waals surface area contributed by atoms with Crippen molar-refractivity contribution in [3.63, 3.8) is 0 Å². The first kappa shape index (κ1) is 17.6. The Kier molecular flexibility index (Phi) is 5.85. The van der Waals surface area contributed by atoms with Crippen LogP contribution < -0.4 is 0 Å². The van der Waals surface area contributed by atoms with Gasteiger partial charge < -0.3 is 14.6 Å². The van der Waals surface area contributed by atoms with Crippen LogP contribution in [0.4, 0.5) is 0 Å². The first-order valence-corrected chi connectivity index (χ1v) is 8.57. The second-order valence-electron chi connectivity index (χ2n) is 6.51. The number of H-pyrrole nitrogens is 1. The lowest BCUT2D eigenvalue weighted by atomic mass is 9.98. The number of aromatic amines is 1. The van der Waals surface area contributed by atoms with Crippen LogP contribution in [0.5, 0.6) is 0 Å². The predicted molar refractivity (Wildman–Crippen MR) is 89.5 cm³/mol. The van der Waals surface area contributed by atoms with Gasteiger partial charge in [-0.05, 0) is 57.1 Å². The van der Waals surface area contributed by atoms with Crippen molar-refractivity contribution in [2.75, 3.05) is 19.7 Å². The molecule has 1 aromatic heterocycles. The van der Waals surface area contributed by atoms with Gasteiger partial charge in [-0.15, -0.1) is 0 Å². The van der Waals surface area contributed by atoms with Gasteiger partial charge in [0.15, 0.2) is 0 Å². The second kappa shape index (κ2) is 7.66. The average molecular weight is 320 g/mol. The van der Waals surface area contributed by atoms with Crippen LogP contribution in [0, 0.1) is 19.8 Å². The third kappa shape index (κ3) is 4.15. The van der Waals surface area contributed by atoms with Gasteiger partial charge in [0.05, 0.1) is 6.61 Å². The molecule has 1 N–H and O–H groups in total. The fourth-order valence-corrected chi connectivity index (χ4v) is 3.22. The number of nitrogens with one attached hydrogen (secondary N) is 1. The summed E-state index contributed by atoms with van der Waals surface area (Å²) >= 11 is 0. The summed E-state index contributed by atoms with van der Waals surface area (Å²) in [5.74, 6) is 0.616. The van der Waals surface area contributed by atoms with Gasteiger partial charge in [0, 0.05) is 25.2 Å². The number of nitrogens with zero attached hydrogens (tertiary/aromatic N) is 1. The van der Waals surface area contributed by atoms with Crippen molar-refractivity contribution in [1.82, 2.24) is 9.88 Å². The van der Waals surface area contributed by atoms with Crippen LogP contribution in [-0.2, 0) is 16.0 Å². The van der Waals surface area contributed by atoms with E-state index in [4.69, 9.17) is 4.74 Å². The van der Waals surface area contributed by atoms with Crippen LogP contribution >= 0.6 is 0 Å². The Hall–Kier alpha value is -1.78. The molecule has 0 bridgehead atoms. The Labute approximate surface area is 138 Å². The van der Waals surface area contributed by atoms with E-state index in [9.17, 15) is 9.59 Å². The number of aromatic nitrogens is 1. The summed E-state index contributed by atoms with van der Waals surface area (Å²) in [7, 11) is 0. The summed E-state index contributed by atoms with van der Waals surface area (Å²) < 4.78 is 5.06. The molecule has 1 saturated heterocycles. The maximum atomic E-state index is 12.4. The van der Waals surface area contributed by atoms with E-state index in [1.807, 2.05) is 18.7 Å². The van der Waals surface area contributed by atoms with Crippen molar-refractivity contribution < 1.29 is 14.3 Å². The van der Waals surface area contributed by atoms with E-state index in [-0.39, 0.29) is 11.9 Å². The number of hydrogen-bond acceptors (Lipinski definition) is 3. The number of carbonyl (C=O) groups is 2. The molecular formula is C18H28N2O3. The summed E-state index contributed by atoms with van der Waals surface area (Å²) in [6, 6.07) is 0. The van der Waals surface area contributed by atoms with Crippen molar-refractivity contribution in [2.45, 2.75) is 53.4 Å². The number of amides is 1. The molecule has 1 amide bonds. The highest BCUT2D eigenvalue weighted by atomic mass is 16.5. The Morgan fingerprint density at radius 3 is 2.52 bits per heavy atom. The number of likely N-dealkylation sites (tertiary alicyclic amines) is 1. The molecule has 128 valence electrons. The van der Waals surface area contributed by atoms with Crippen molar-refractivity contribution in [3.8, 4) is 0 Å². The van der Waals surface area contributed by atoms with Crippen LogP contribution in [0.15, 0.2) is 0 Å². The molecule has 0 saturated carbocycles. The maximum Gasteiger partial charge on any atom is 0.355 e. The van der Waals surface area contributed by atoms with E-state index in [2.05, 4.69) is 11.9 Å². The number of piperidine rings is 1. The molecule has 2 heterocycles. The molecule has 0 radical (unpaired) electrons. The number of carbonyl (C=O) groups excluding carboxylic acids is 2. The fraction of sp³-hybridized carbons (Fsp3) is 0.667. The third-order valence-electron chi connectivity index (χ3n) is 4.80. The van der Waals surface area contributed by atoms with Crippen LogP contribution in [-0.4, -0.2) is 41.5 Å². The lowest BCUT2D eigenvalue weighted by Crippen LogP contribution is -2.38. The zero-order valence-corrected chi connectivity index (χ0v) is 14.7. The Morgan fingerprint density at radius 2 is 1.91 bits per heavy atom. The van der Waals surface area contributed by atoms with Crippen molar-refractivity contribution in [1.29, 1.82) is 0 Å². The lowest BCUT2D eigenvalue weighted by Gasteiger charge is -2.30. The molecule has 1 aliphatic rings. The molecule has 23 heavy (non-hydrogen) atoms. The molecule has 5 heteroatoms. The van der Waals surface area contributed by atoms with Gasteiger partial charge >= 0.3 is 5.97 Å². The molecule has 0 aromatic carbocycles. The zero-order valence-electron chi connectivity index (χ0n) is 14.7. The lowest BCUT2D eigenvalue weighted by molar-refractivity contribution is -0.132. The molecule has 0 aliphatic carbocycles. The molecule has 1 aliphatic heterocycles. The Bertz CT molecular complexity index is 569. The van der Waals surface area contributed by atoms with E-state index in [0.717, 1.165) is 48.7 Å². The molecular weight excluding hydrogens is 292 g/mol. The van der Waals surface area contributed by atoms with Gasteiger partial charge in [0.25, 0.3) is 0 Å². The highest BCUT2D eigenvalue weighted by molar-refractivity contribution is 5.90. The van der Waals surface area contributed by atoms with E-state index >= 15 is 0 Å². The van der Waals surface area contributed by atoms with E-state index in [1.165, 1.54) is 0 Å². The molecule has 1 fully saturated rings. The standard InChI is InChI=1S/C18H28N2O3/c1-5-23-18(22)17-13(3)15(14(4)19-17)6-7-16(21)20-10-8-12(2)9-11-20/h12,19H,5-11H2,1-4H3. The normalized spacial score (nSPS) is 15.7. The number of hydrogen-bond donors (Lipinski definition) is 1. The molecule has 5 nitrogen and oxygen atoms in total. The van der Waals surface area contributed by atoms with Crippen molar-refractivity contribution in [2.24, 2.45) is 5.92 Å². The first-order chi connectivity index (χ1) is 10.9. The minimum atomic E-state index is -0.323. The summed E-state index contributed by atoms with van der Waals surface area (Å²) in [6.45, 7) is 10.00. The minimum Gasteiger partial charge on any atom is -0.461 e. The van der Waals surface area contributed by atoms with E-state index < -0.39 is 0 Å². The topological polar surface area (TPSA) is 62.4 Å². The SMILES string of the molecule is CCOC(=O)c1[nH]c(C)c(CCC(=O)N2CCC(C)CC2)c1C. The minimum absolute atomic E-state index is 0.217. The van der Waals surface area contributed by atoms with Crippen LogP contribution in [0.25, 0.3) is 0 Å². The number of esters is 1. The van der Waals surface area contributed by atoms with E-state index in [1.54, 1.807) is 6.92 Å². The average Bonchev–Trinajstić information content (AvgIpc) is 2.81. The largest absolute Gasteiger partial charge is 0.461 e. The number of aryl methyl sites for hydroxylation is 1. The first-order valence-electron chi connectivity index (χ1n) is 8.57. The molecule has 1 aromatic rings. The van der Waals surface area contributed by atoms with Gasteiger partial charge in [-0.3, -0.25) is 4.79 Å². The highest BCUT2D eigenvalue weighted by Gasteiger charge is 2.22. The Balaban J connectivity index is 1.98. The van der Waals surface area contributed by atoms with Gasteiger partial charge in [0.2, 0.25) is 5.91 Å². The molecule has 0 unspecified atom stereocenters. The van der Waals surface area contributed by atoms with E-state index in [0.29, 0.717) is 25.1 Å². The zero-order chi connectivity index (χ0) is 17.0. The smallest absolute Gasteiger partial charge is 0.355 e. The van der Waals surface area contributed by atoms with Crippen LogP contribution in [0.3, 0.4) is 0 Å². The maximum absolute atomic E-state index is 12.4. The summed E-state index contributed by atoms with van der Waals surface area (Å²) in [5.41, 5.74) is 3.43. The predicted octanol–water partition coefficient (Wildman–Crippen LogP) is 3.00. The van der Waals surface area contributed by atoms with Gasteiger partial charge in [-0.25, -0.2) is 4.79 Å². The summed E-state index contributed by atoms with van der Waals surface area (Å²) in [4.78, 5) is 29.4. The fourth-order valence-electron chi connectivity index (χ4n) is 3.22. The van der Waals surface area contributed by atoms with Crippen molar-refractivity contribution >= 4 is 11.9 Å². The summed E-state index contributed by atoms with van der Waals surface area (Å²) in [5, 5.41) is 0. The van der Waals surface area contributed by atoms with Gasteiger partial charge in [-0.2, -0.15) is 0 Å². The number of ether oxygens (including phenoxy) is 1. The van der Waals surface area contributed by atoms with Crippen LogP contribution in [0.2, 0.25) is 0 Å². The van der Waals surface area contributed by atoms with Crippen molar-refractivity contribution in [3.05, 3.63) is 22.5 Å². The molecule has 0 atom stereocenters. The highest BCUT2D eigenvalue weighted by Crippen LogP contribution is 2.22. The molecule has 2 rings (SSSR count). The third-order valence-corrected chi connectivity index (χ3v) is 4.80. The molecule has 0 spiro atoms. The van der Waals surface area contributed by atoms with Gasteiger partial charge in [0.1, 0.15) is 5.69 Å². The summed E-state index contributed by atoms with van der Waals surface area (Å²) in [6.07, 6.45) is 3.36.